The van der Waals surface area contributed by atoms with E-state index in [1.54, 1.807) is 30.3 Å². The van der Waals surface area contributed by atoms with Crippen LogP contribution in [0.3, 0.4) is 0 Å². The average Bonchev–Trinajstić information content (AvgIpc) is 2.65. The molecule has 7 heteroatoms. The minimum absolute atomic E-state index is 0.531. The molecule has 92 valence electrons. The van der Waals surface area contributed by atoms with Crippen molar-refractivity contribution in [1.82, 2.24) is 0 Å². The first-order chi connectivity index (χ1) is 8.03. The van der Waals surface area contributed by atoms with Gasteiger partial charge in [0, 0.05) is 0 Å². The van der Waals surface area contributed by atoms with Crippen LogP contribution in [-0.4, -0.2) is 27.6 Å². The third-order valence-corrected chi connectivity index (χ3v) is 3.17. The van der Waals surface area contributed by atoms with E-state index < -0.39 is 28.6 Å². The fraction of sp³-hybridized carbons (Fsp3) is 0.300. The van der Waals surface area contributed by atoms with Gasteiger partial charge in [0.1, 0.15) is 6.10 Å². The topological polar surface area (TPSA) is 78.9 Å². The van der Waals surface area contributed by atoms with Crippen molar-refractivity contribution in [2.24, 2.45) is 0 Å². The van der Waals surface area contributed by atoms with E-state index in [2.05, 4.69) is 8.92 Å². The van der Waals surface area contributed by atoms with Crippen LogP contribution < -0.4 is 0 Å². The predicted octanol–water partition coefficient (Wildman–Crippen LogP) is 0.561. The Balaban J connectivity index is 2.35. The number of carbonyl (C=O) groups excluding carboxylic acids is 1. The number of methoxy groups -OCH3 is 1. The van der Waals surface area contributed by atoms with Gasteiger partial charge in [-0.2, -0.15) is 8.42 Å². The van der Waals surface area contributed by atoms with Crippen molar-refractivity contribution >= 4 is 16.4 Å². The highest BCUT2D eigenvalue weighted by Gasteiger charge is 2.46. The molecule has 0 aromatic heterocycles. The lowest BCUT2D eigenvalue weighted by Crippen LogP contribution is -2.27. The lowest BCUT2D eigenvalue weighted by molar-refractivity contribution is -0.150. The highest BCUT2D eigenvalue weighted by atomic mass is 32.3. The number of carbonyl (C=O) groups is 1. The van der Waals surface area contributed by atoms with Crippen LogP contribution in [-0.2, 0) is 28.3 Å². The van der Waals surface area contributed by atoms with Crippen LogP contribution in [0, 0.1) is 0 Å². The van der Waals surface area contributed by atoms with Crippen molar-refractivity contribution in [1.29, 1.82) is 0 Å². The number of rotatable bonds is 2. The molecule has 1 aromatic rings. The summed E-state index contributed by atoms with van der Waals surface area (Å²) < 4.78 is 36.1. The maximum absolute atomic E-state index is 11.4. The lowest BCUT2D eigenvalue weighted by atomic mass is 10.0. The predicted molar refractivity (Wildman–Crippen MR) is 56.1 cm³/mol. The summed E-state index contributed by atoms with van der Waals surface area (Å²) in [6.45, 7) is 0. The Labute approximate surface area is 98.4 Å². The molecule has 0 aliphatic carbocycles. The molecule has 1 aromatic carbocycles. The normalized spacial score (nSPS) is 26.6. The van der Waals surface area contributed by atoms with Crippen LogP contribution in [0.4, 0.5) is 0 Å². The maximum Gasteiger partial charge on any atom is 0.401 e. The van der Waals surface area contributed by atoms with E-state index in [0.717, 1.165) is 7.11 Å². The van der Waals surface area contributed by atoms with Crippen LogP contribution in [0.2, 0.25) is 0 Å². The Morgan fingerprint density at radius 2 is 1.88 bits per heavy atom. The number of ether oxygens (including phenoxy) is 1. The molecule has 0 radical (unpaired) electrons. The third kappa shape index (κ3) is 2.46. The summed E-state index contributed by atoms with van der Waals surface area (Å²) in [5.41, 5.74) is 0.531. The van der Waals surface area contributed by atoms with Crippen molar-refractivity contribution in [2.45, 2.75) is 12.2 Å². The SMILES string of the molecule is COC(=O)[C@@H]1OS(=O)(=O)O[C@H]1c1ccccc1. The highest BCUT2D eigenvalue weighted by Crippen LogP contribution is 2.33. The van der Waals surface area contributed by atoms with E-state index in [-0.39, 0.29) is 0 Å². The van der Waals surface area contributed by atoms with Crippen LogP contribution >= 0.6 is 0 Å². The van der Waals surface area contributed by atoms with Crippen LogP contribution in [0.5, 0.6) is 0 Å². The molecule has 0 bridgehead atoms. The molecule has 1 heterocycles. The van der Waals surface area contributed by atoms with Gasteiger partial charge in [-0.05, 0) is 5.56 Å². The smallest absolute Gasteiger partial charge is 0.401 e. The van der Waals surface area contributed by atoms with Gasteiger partial charge < -0.3 is 4.74 Å². The van der Waals surface area contributed by atoms with E-state index in [4.69, 9.17) is 4.18 Å². The molecule has 0 saturated carbocycles. The number of hydrogen-bond acceptors (Lipinski definition) is 6. The summed E-state index contributed by atoms with van der Waals surface area (Å²) in [7, 11) is -3.00. The molecule has 0 spiro atoms. The van der Waals surface area contributed by atoms with Crippen molar-refractivity contribution in [3.8, 4) is 0 Å². The molecule has 1 aliphatic rings. The second-order valence-corrected chi connectivity index (χ2v) is 4.58. The minimum atomic E-state index is -4.15. The molecule has 1 saturated heterocycles. The fourth-order valence-corrected chi connectivity index (χ4v) is 2.47. The summed E-state index contributed by atoms with van der Waals surface area (Å²) in [5.74, 6) is -0.792. The molecule has 0 amide bonds. The number of benzene rings is 1. The molecule has 6 nitrogen and oxygen atoms in total. The molecule has 2 atom stereocenters. The molecule has 1 fully saturated rings. The van der Waals surface area contributed by atoms with Crippen molar-refractivity contribution in [3.05, 3.63) is 35.9 Å². The van der Waals surface area contributed by atoms with Crippen molar-refractivity contribution < 1.29 is 26.3 Å². The first-order valence-electron chi connectivity index (χ1n) is 4.78. The monoisotopic (exact) mass is 258 g/mol. The number of hydrogen-bond donors (Lipinski definition) is 0. The largest absolute Gasteiger partial charge is 0.467 e. The fourth-order valence-electron chi connectivity index (χ4n) is 1.53. The highest BCUT2D eigenvalue weighted by molar-refractivity contribution is 7.82. The van der Waals surface area contributed by atoms with Gasteiger partial charge in [0.2, 0.25) is 6.10 Å². The average molecular weight is 258 g/mol. The van der Waals surface area contributed by atoms with E-state index in [1.165, 1.54) is 0 Å². The Kier molecular flexibility index (Phi) is 3.14. The summed E-state index contributed by atoms with van der Waals surface area (Å²) in [5, 5.41) is 0. The van der Waals surface area contributed by atoms with Gasteiger partial charge in [0.25, 0.3) is 0 Å². The van der Waals surface area contributed by atoms with Gasteiger partial charge in [-0.15, -0.1) is 0 Å². The first kappa shape index (κ1) is 12.0. The molecule has 2 rings (SSSR count). The minimum Gasteiger partial charge on any atom is -0.467 e. The van der Waals surface area contributed by atoms with Crippen LogP contribution in [0.15, 0.2) is 30.3 Å². The van der Waals surface area contributed by atoms with Gasteiger partial charge in [0.15, 0.2) is 0 Å². The van der Waals surface area contributed by atoms with Gasteiger partial charge in [-0.25, -0.2) is 13.2 Å². The van der Waals surface area contributed by atoms with Gasteiger partial charge in [-0.1, -0.05) is 30.3 Å². The Bertz CT molecular complexity index is 509. The van der Waals surface area contributed by atoms with E-state index in [1.807, 2.05) is 0 Å². The summed E-state index contributed by atoms with van der Waals surface area (Å²) in [6.07, 6.45) is -2.30. The molecular formula is C10H10O6S. The molecular weight excluding hydrogens is 248 g/mol. The van der Waals surface area contributed by atoms with Crippen molar-refractivity contribution in [3.63, 3.8) is 0 Å². The standard InChI is InChI=1S/C10H10O6S/c1-14-10(11)9-8(15-17(12,13)16-9)7-5-3-2-4-6-7/h2-6,8-9H,1H3/t8-,9+/m0/s1. The third-order valence-electron chi connectivity index (χ3n) is 2.28. The summed E-state index contributed by atoms with van der Waals surface area (Å²) in [4.78, 5) is 11.4. The lowest BCUT2D eigenvalue weighted by Gasteiger charge is -2.12. The summed E-state index contributed by atoms with van der Waals surface area (Å²) in [6, 6.07) is 8.46. The second kappa shape index (κ2) is 4.44. The zero-order valence-corrected chi connectivity index (χ0v) is 9.72. The zero-order chi connectivity index (χ0) is 12.5. The van der Waals surface area contributed by atoms with E-state index in [0.29, 0.717) is 5.56 Å². The Morgan fingerprint density at radius 1 is 1.24 bits per heavy atom. The van der Waals surface area contributed by atoms with E-state index in [9.17, 15) is 13.2 Å². The second-order valence-electron chi connectivity index (χ2n) is 3.38. The molecule has 17 heavy (non-hydrogen) atoms. The van der Waals surface area contributed by atoms with E-state index >= 15 is 0 Å². The van der Waals surface area contributed by atoms with Gasteiger partial charge in [-0.3, -0.25) is 0 Å². The molecule has 1 aliphatic heterocycles. The Morgan fingerprint density at radius 3 is 2.47 bits per heavy atom. The van der Waals surface area contributed by atoms with Crippen LogP contribution in [0.25, 0.3) is 0 Å². The van der Waals surface area contributed by atoms with Gasteiger partial charge in [0.05, 0.1) is 7.11 Å². The maximum atomic E-state index is 11.4. The van der Waals surface area contributed by atoms with Gasteiger partial charge >= 0.3 is 16.4 Å². The molecule has 0 N–H and O–H groups in total. The zero-order valence-electron chi connectivity index (χ0n) is 8.90. The Hall–Kier alpha value is -1.44. The number of esters is 1. The summed E-state index contributed by atoms with van der Waals surface area (Å²) >= 11 is 0. The quantitative estimate of drug-likeness (QED) is 0.721. The van der Waals surface area contributed by atoms with Crippen LogP contribution in [0.1, 0.15) is 11.7 Å². The first-order valence-corrected chi connectivity index (χ1v) is 6.11. The molecule has 0 unspecified atom stereocenters. The van der Waals surface area contributed by atoms with Crippen molar-refractivity contribution in [2.75, 3.05) is 7.11 Å².